The monoisotopic (exact) mass is 272 g/mol. The number of rotatable bonds is 3. The number of hydrogen-bond acceptors (Lipinski definition) is 8. The van der Waals surface area contributed by atoms with Gasteiger partial charge in [0.2, 0.25) is 0 Å². The summed E-state index contributed by atoms with van der Waals surface area (Å²) < 4.78 is 6.42. The molecular weight excluding hydrogens is 256 g/mol. The maximum Gasteiger partial charge on any atom is 0.351 e. The Labute approximate surface area is 108 Å². The summed E-state index contributed by atoms with van der Waals surface area (Å²) in [6.07, 6.45) is -2.31. The average molecular weight is 272 g/mol. The van der Waals surface area contributed by atoms with Gasteiger partial charge in [0.25, 0.3) is 0 Å². The Hall–Kier alpha value is -1.52. The summed E-state index contributed by atoms with van der Waals surface area (Å²) in [5, 5.41) is 28.8. The minimum absolute atomic E-state index is 0.164. The third-order valence-corrected chi connectivity index (χ3v) is 3.25. The van der Waals surface area contributed by atoms with Gasteiger partial charge in [0.1, 0.15) is 24.1 Å². The first-order valence-corrected chi connectivity index (χ1v) is 5.65. The van der Waals surface area contributed by atoms with Crippen LogP contribution in [0.1, 0.15) is 6.92 Å². The highest BCUT2D eigenvalue weighted by Gasteiger charge is 2.52. The van der Waals surface area contributed by atoms with E-state index in [1.807, 2.05) is 0 Å². The van der Waals surface area contributed by atoms with Crippen LogP contribution in [0.25, 0.3) is 0 Å². The van der Waals surface area contributed by atoms with E-state index in [1.165, 1.54) is 19.2 Å². The SMILES string of the molecule is C[C@@]1(n2ccc(NN)nc2=O)O[C@H](CO)[C@@H](O)[C@H]1O. The molecule has 0 aliphatic carbocycles. The Kier molecular flexibility index (Phi) is 3.56. The van der Waals surface area contributed by atoms with Crippen molar-refractivity contribution in [3.63, 3.8) is 0 Å². The van der Waals surface area contributed by atoms with E-state index in [-0.39, 0.29) is 5.82 Å². The molecule has 4 atom stereocenters. The molecule has 0 amide bonds. The van der Waals surface area contributed by atoms with Gasteiger partial charge in [-0.05, 0) is 13.0 Å². The quantitative estimate of drug-likeness (QED) is 0.296. The predicted molar refractivity (Wildman–Crippen MR) is 63.9 cm³/mol. The maximum absolute atomic E-state index is 11.9. The first-order chi connectivity index (χ1) is 8.93. The Morgan fingerprint density at radius 3 is 2.79 bits per heavy atom. The highest BCUT2D eigenvalue weighted by atomic mass is 16.6. The van der Waals surface area contributed by atoms with Gasteiger partial charge in [0.05, 0.1) is 6.61 Å². The molecule has 0 radical (unpaired) electrons. The van der Waals surface area contributed by atoms with Gasteiger partial charge >= 0.3 is 5.69 Å². The second kappa shape index (κ2) is 4.87. The van der Waals surface area contributed by atoms with E-state index in [1.54, 1.807) is 0 Å². The molecule has 2 rings (SSSR count). The van der Waals surface area contributed by atoms with Crippen LogP contribution in [-0.4, -0.2) is 49.8 Å². The fourth-order valence-electron chi connectivity index (χ4n) is 2.13. The van der Waals surface area contributed by atoms with Crippen LogP contribution in [-0.2, 0) is 10.5 Å². The molecule has 1 saturated heterocycles. The topological polar surface area (TPSA) is 143 Å². The number of nitrogens with one attached hydrogen (secondary N) is 1. The summed E-state index contributed by atoms with van der Waals surface area (Å²) in [6, 6.07) is 1.42. The molecule has 9 heteroatoms. The van der Waals surface area contributed by atoms with E-state index in [0.29, 0.717) is 0 Å². The number of aromatic nitrogens is 2. The first-order valence-electron chi connectivity index (χ1n) is 5.65. The van der Waals surface area contributed by atoms with Crippen molar-refractivity contribution in [3.8, 4) is 0 Å². The predicted octanol–water partition coefficient (Wildman–Crippen LogP) is -2.69. The van der Waals surface area contributed by atoms with E-state index < -0.39 is 36.3 Å². The lowest BCUT2D eigenvalue weighted by Crippen LogP contribution is -2.48. The van der Waals surface area contributed by atoms with Crippen molar-refractivity contribution >= 4 is 5.82 Å². The van der Waals surface area contributed by atoms with Crippen molar-refractivity contribution in [1.82, 2.24) is 9.55 Å². The van der Waals surface area contributed by atoms with Crippen LogP contribution in [0.3, 0.4) is 0 Å². The molecule has 1 aliphatic rings. The Balaban J connectivity index is 2.43. The minimum atomic E-state index is -1.51. The lowest BCUT2D eigenvalue weighted by Gasteiger charge is -2.29. The number of hydrogen-bond donors (Lipinski definition) is 5. The molecule has 0 unspecified atom stereocenters. The van der Waals surface area contributed by atoms with E-state index >= 15 is 0 Å². The molecule has 2 heterocycles. The van der Waals surface area contributed by atoms with Crippen LogP contribution in [0.2, 0.25) is 0 Å². The van der Waals surface area contributed by atoms with Crippen molar-refractivity contribution in [2.45, 2.75) is 31.0 Å². The molecule has 1 aromatic rings. The van der Waals surface area contributed by atoms with Gasteiger partial charge in [0, 0.05) is 6.20 Å². The largest absolute Gasteiger partial charge is 0.394 e. The highest BCUT2D eigenvalue weighted by Crippen LogP contribution is 2.34. The molecule has 0 spiro atoms. The summed E-state index contributed by atoms with van der Waals surface area (Å²) in [5.41, 5.74) is 0.00526. The van der Waals surface area contributed by atoms with Crippen molar-refractivity contribution in [3.05, 3.63) is 22.7 Å². The zero-order valence-corrected chi connectivity index (χ0v) is 10.2. The molecule has 106 valence electrons. The minimum Gasteiger partial charge on any atom is -0.394 e. The molecule has 6 N–H and O–H groups in total. The highest BCUT2D eigenvalue weighted by molar-refractivity contribution is 5.29. The van der Waals surface area contributed by atoms with Gasteiger partial charge in [-0.25, -0.2) is 10.6 Å². The lowest BCUT2D eigenvalue weighted by molar-refractivity contribution is -0.137. The van der Waals surface area contributed by atoms with E-state index in [9.17, 15) is 15.0 Å². The number of hydrazine groups is 1. The van der Waals surface area contributed by atoms with Gasteiger partial charge in [-0.15, -0.1) is 0 Å². The summed E-state index contributed by atoms with van der Waals surface area (Å²) >= 11 is 0. The molecule has 19 heavy (non-hydrogen) atoms. The summed E-state index contributed by atoms with van der Waals surface area (Å²) in [6.45, 7) is 0.952. The number of nitrogens with two attached hydrogens (primary N) is 1. The third-order valence-electron chi connectivity index (χ3n) is 3.25. The van der Waals surface area contributed by atoms with Crippen molar-refractivity contribution in [2.75, 3.05) is 12.0 Å². The molecule has 1 aromatic heterocycles. The molecule has 1 fully saturated rings. The summed E-state index contributed by atoms with van der Waals surface area (Å²) in [7, 11) is 0. The number of nitrogen functional groups attached to an aromatic ring is 1. The van der Waals surface area contributed by atoms with Crippen LogP contribution in [0, 0.1) is 0 Å². The average Bonchev–Trinajstić information content (AvgIpc) is 2.63. The second-order valence-corrected chi connectivity index (χ2v) is 4.44. The first kappa shape index (κ1) is 13.9. The Morgan fingerprint density at radius 1 is 1.63 bits per heavy atom. The second-order valence-electron chi connectivity index (χ2n) is 4.44. The van der Waals surface area contributed by atoms with Crippen molar-refractivity contribution < 1.29 is 20.1 Å². The summed E-state index contributed by atoms with van der Waals surface area (Å²) in [4.78, 5) is 15.5. The number of aliphatic hydroxyl groups is 3. The van der Waals surface area contributed by atoms with Gasteiger partial charge in [-0.2, -0.15) is 4.98 Å². The van der Waals surface area contributed by atoms with Crippen LogP contribution in [0.15, 0.2) is 17.1 Å². The molecular formula is C10H16N4O5. The fourth-order valence-corrected chi connectivity index (χ4v) is 2.13. The number of ether oxygens (including phenoxy) is 1. The Morgan fingerprint density at radius 2 is 2.32 bits per heavy atom. The standard InChI is InChI=1S/C10H16N4O5/c1-10(8(17)7(16)5(4-15)19-10)14-3-2-6(13-11)12-9(14)18/h2-3,5,7-8,15-17H,4,11H2,1H3,(H,12,13,18)/t5-,7-,8-,10-/m1/s1. The molecule has 1 aliphatic heterocycles. The van der Waals surface area contributed by atoms with Crippen LogP contribution >= 0.6 is 0 Å². The smallest absolute Gasteiger partial charge is 0.351 e. The maximum atomic E-state index is 11.9. The van der Waals surface area contributed by atoms with E-state index in [0.717, 1.165) is 4.57 Å². The normalized spacial score (nSPS) is 34.5. The van der Waals surface area contributed by atoms with Crippen LogP contribution in [0.4, 0.5) is 5.82 Å². The molecule has 0 aromatic carbocycles. The Bertz CT molecular complexity index is 521. The van der Waals surface area contributed by atoms with E-state index in [4.69, 9.17) is 15.7 Å². The van der Waals surface area contributed by atoms with Crippen molar-refractivity contribution in [1.29, 1.82) is 0 Å². The molecule has 0 bridgehead atoms. The zero-order valence-electron chi connectivity index (χ0n) is 10.2. The van der Waals surface area contributed by atoms with Gasteiger partial charge in [-0.1, -0.05) is 0 Å². The lowest BCUT2D eigenvalue weighted by atomic mass is 10.0. The third kappa shape index (κ3) is 2.11. The molecule has 0 saturated carbocycles. The number of anilines is 1. The van der Waals surface area contributed by atoms with Crippen LogP contribution in [0.5, 0.6) is 0 Å². The fraction of sp³-hybridized carbons (Fsp3) is 0.600. The number of aliphatic hydroxyl groups excluding tert-OH is 3. The van der Waals surface area contributed by atoms with Gasteiger partial charge in [-0.3, -0.25) is 4.57 Å². The number of nitrogens with zero attached hydrogens (tertiary/aromatic N) is 2. The zero-order chi connectivity index (χ0) is 14.2. The van der Waals surface area contributed by atoms with Crippen molar-refractivity contribution in [2.24, 2.45) is 5.84 Å². The van der Waals surface area contributed by atoms with Gasteiger partial charge in [0.15, 0.2) is 5.72 Å². The van der Waals surface area contributed by atoms with E-state index in [2.05, 4.69) is 10.4 Å². The van der Waals surface area contributed by atoms with Crippen LogP contribution < -0.4 is 17.0 Å². The molecule has 9 nitrogen and oxygen atoms in total. The summed E-state index contributed by atoms with van der Waals surface area (Å²) in [5.74, 6) is 5.30. The van der Waals surface area contributed by atoms with Gasteiger partial charge < -0.3 is 25.5 Å².